The summed E-state index contributed by atoms with van der Waals surface area (Å²) in [7, 11) is 1.58. The van der Waals surface area contributed by atoms with E-state index in [0.29, 0.717) is 12.1 Å². The number of ether oxygens (including phenoxy) is 1. The van der Waals surface area contributed by atoms with Gasteiger partial charge in [0.2, 0.25) is 5.91 Å². The Bertz CT molecular complexity index is 210. The predicted octanol–water partition coefficient (Wildman–Crippen LogP) is 1.09. The maximum Gasteiger partial charge on any atom is 0.249 e. The topological polar surface area (TPSA) is 50.4 Å². The Balaban J connectivity index is 0.00000225. The van der Waals surface area contributed by atoms with Gasteiger partial charge in [-0.1, -0.05) is 6.92 Å². The van der Waals surface area contributed by atoms with Crippen molar-refractivity contribution in [2.45, 2.75) is 51.3 Å². The molecule has 0 aromatic rings. The van der Waals surface area contributed by atoms with Crippen LogP contribution in [0.3, 0.4) is 0 Å². The van der Waals surface area contributed by atoms with Crippen LogP contribution < -0.4 is 10.6 Å². The summed E-state index contributed by atoms with van der Waals surface area (Å²) in [6.07, 6.45) is 2.44. The summed E-state index contributed by atoms with van der Waals surface area (Å²) in [5.41, 5.74) is 0. The first-order valence-corrected chi connectivity index (χ1v) is 5.74. The number of carbonyl (C=O) groups excluding carboxylic acids is 1. The highest BCUT2D eigenvalue weighted by atomic mass is 35.5. The van der Waals surface area contributed by atoms with Gasteiger partial charge in [-0.05, 0) is 32.7 Å². The number of carbonyl (C=O) groups is 1. The van der Waals surface area contributed by atoms with E-state index < -0.39 is 0 Å². The fourth-order valence-electron chi connectivity index (χ4n) is 2.02. The molecule has 3 unspecified atom stereocenters. The minimum absolute atomic E-state index is 0. The summed E-state index contributed by atoms with van der Waals surface area (Å²) < 4.78 is 5.10. The highest BCUT2D eigenvalue weighted by Crippen LogP contribution is 2.09. The molecule has 3 atom stereocenters. The first-order chi connectivity index (χ1) is 7.17. The Morgan fingerprint density at radius 2 is 2.31 bits per heavy atom. The predicted molar refractivity (Wildman–Crippen MR) is 67.0 cm³/mol. The Hall–Kier alpha value is -0.320. The first-order valence-electron chi connectivity index (χ1n) is 5.74. The van der Waals surface area contributed by atoms with Gasteiger partial charge in [0.15, 0.2) is 0 Å². The van der Waals surface area contributed by atoms with E-state index in [0.717, 1.165) is 25.8 Å². The zero-order valence-electron chi connectivity index (χ0n) is 10.3. The van der Waals surface area contributed by atoms with Crippen LogP contribution in [0.1, 0.15) is 33.1 Å². The lowest BCUT2D eigenvalue weighted by atomic mass is 10.0. The van der Waals surface area contributed by atoms with Gasteiger partial charge < -0.3 is 15.4 Å². The molecule has 0 spiro atoms. The number of piperidine rings is 1. The fraction of sp³-hybridized carbons (Fsp3) is 0.909. The normalized spacial score (nSPS) is 26.7. The average molecular weight is 251 g/mol. The molecule has 5 heteroatoms. The van der Waals surface area contributed by atoms with Crippen molar-refractivity contribution >= 4 is 18.3 Å². The molecule has 0 aliphatic carbocycles. The van der Waals surface area contributed by atoms with Gasteiger partial charge in [-0.25, -0.2) is 0 Å². The van der Waals surface area contributed by atoms with Crippen molar-refractivity contribution < 1.29 is 9.53 Å². The van der Waals surface area contributed by atoms with E-state index in [1.54, 1.807) is 7.11 Å². The van der Waals surface area contributed by atoms with Crippen LogP contribution in [0.2, 0.25) is 0 Å². The Labute approximate surface area is 104 Å². The fourth-order valence-corrected chi connectivity index (χ4v) is 2.02. The zero-order valence-corrected chi connectivity index (χ0v) is 11.1. The Morgan fingerprint density at radius 1 is 1.62 bits per heavy atom. The van der Waals surface area contributed by atoms with Crippen LogP contribution >= 0.6 is 12.4 Å². The minimum atomic E-state index is -0.296. The molecule has 0 aromatic carbocycles. The second kappa shape index (κ2) is 7.87. The Morgan fingerprint density at radius 3 is 2.81 bits per heavy atom. The average Bonchev–Trinajstić information content (AvgIpc) is 2.19. The van der Waals surface area contributed by atoms with E-state index in [1.165, 1.54) is 0 Å². The van der Waals surface area contributed by atoms with Gasteiger partial charge in [-0.2, -0.15) is 0 Å². The van der Waals surface area contributed by atoms with Crippen molar-refractivity contribution in [3.05, 3.63) is 0 Å². The molecule has 0 aromatic heterocycles. The SMILES string of the molecule is CCC(OC)C(=O)NC1CCNC(C)C1.Cl. The molecule has 0 bridgehead atoms. The third-order valence-corrected chi connectivity index (χ3v) is 2.92. The molecule has 1 aliphatic heterocycles. The lowest BCUT2D eigenvalue weighted by molar-refractivity contribution is -0.132. The molecule has 0 radical (unpaired) electrons. The van der Waals surface area contributed by atoms with Gasteiger partial charge in [0.1, 0.15) is 6.10 Å². The van der Waals surface area contributed by atoms with Crippen molar-refractivity contribution in [2.75, 3.05) is 13.7 Å². The van der Waals surface area contributed by atoms with E-state index >= 15 is 0 Å². The van der Waals surface area contributed by atoms with E-state index in [2.05, 4.69) is 17.6 Å². The number of rotatable bonds is 4. The molecule has 16 heavy (non-hydrogen) atoms. The first kappa shape index (κ1) is 15.7. The molecule has 0 saturated carbocycles. The molecular weight excluding hydrogens is 228 g/mol. The summed E-state index contributed by atoms with van der Waals surface area (Å²) in [5.74, 6) is 0.0269. The molecule has 96 valence electrons. The van der Waals surface area contributed by atoms with Gasteiger partial charge in [0.05, 0.1) is 0 Å². The summed E-state index contributed by atoms with van der Waals surface area (Å²) in [6.45, 7) is 5.08. The molecule has 1 saturated heterocycles. The third-order valence-electron chi connectivity index (χ3n) is 2.92. The van der Waals surface area contributed by atoms with Crippen LogP contribution in [-0.2, 0) is 9.53 Å². The minimum Gasteiger partial charge on any atom is -0.372 e. The van der Waals surface area contributed by atoms with Crippen LogP contribution in [0, 0.1) is 0 Å². The second-order valence-electron chi connectivity index (χ2n) is 4.22. The molecule has 4 nitrogen and oxygen atoms in total. The highest BCUT2D eigenvalue weighted by Gasteiger charge is 2.23. The number of methoxy groups -OCH3 is 1. The molecule has 2 N–H and O–H groups in total. The van der Waals surface area contributed by atoms with E-state index in [1.807, 2.05) is 6.92 Å². The number of nitrogens with one attached hydrogen (secondary N) is 2. The van der Waals surface area contributed by atoms with E-state index in [9.17, 15) is 4.79 Å². The summed E-state index contributed by atoms with van der Waals surface area (Å²) in [5, 5.41) is 6.41. The Kier molecular flexibility index (Phi) is 7.72. The quantitative estimate of drug-likeness (QED) is 0.786. The van der Waals surface area contributed by atoms with Crippen LogP contribution in [0.5, 0.6) is 0 Å². The van der Waals surface area contributed by atoms with Crippen LogP contribution in [0.25, 0.3) is 0 Å². The molecule has 1 heterocycles. The molecule has 1 rings (SSSR count). The summed E-state index contributed by atoms with van der Waals surface area (Å²) in [6, 6.07) is 0.796. The zero-order chi connectivity index (χ0) is 11.3. The summed E-state index contributed by atoms with van der Waals surface area (Å²) >= 11 is 0. The highest BCUT2D eigenvalue weighted by molar-refractivity contribution is 5.85. The van der Waals surface area contributed by atoms with Gasteiger partial charge in [0.25, 0.3) is 0 Å². The van der Waals surface area contributed by atoms with Gasteiger partial charge >= 0.3 is 0 Å². The molecular formula is C11H23ClN2O2. The van der Waals surface area contributed by atoms with Crippen LogP contribution in [0.15, 0.2) is 0 Å². The van der Waals surface area contributed by atoms with Gasteiger partial charge in [-0.3, -0.25) is 4.79 Å². The molecule has 1 fully saturated rings. The van der Waals surface area contributed by atoms with Crippen molar-refractivity contribution in [3.8, 4) is 0 Å². The maximum absolute atomic E-state index is 11.7. The largest absolute Gasteiger partial charge is 0.372 e. The van der Waals surface area contributed by atoms with Crippen LogP contribution in [0.4, 0.5) is 0 Å². The van der Waals surface area contributed by atoms with Gasteiger partial charge in [0, 0.05) is 19.2 Å². The third kappa shape index (κ3) is 4.68. The van der Waals surface area contributed by atoms with E-state index in [4.69, 9.17) is 4.74 Å². The van der Waals surface area contributed by atoms with Crippen molar-refractivity contribution in [1.29, 1.82) is 0 Å². The molecule has 1 aliphatic rings. The second-order valence-corrected chi connectivity index (χ2v) is 4.22. The number of amides is 1. The number of hydrogen-bond donors (Lipinski definition) is 2. The van der Waals surface area contributed by atoms with Crippen LogP contribution in [-0.4, -0.2) is 37.7 Å². The number of hydrogen-bond acceptors (Lipinski definition) is 3. The summed E-state index contributed by atoms with van der Waals surface area (Å²) in [4.78, 5) is 11.7. The van der Waals surface area contributed by atoms with Gasteiger partial charge in [-0.15, -0.1) is 12.4 Å². The van der Waals surface area contributed by atoms with Crippen molar-refractivity contribution in [3.63, 3.8) is 0 Å². The standard InChI is InChI=1S/C11H22N2O2.ClH/c1-4-10(15-3)11(14)13-9-5-6-12-8(2)7-9;/h8-10,12H,4-7H2,1-3H3,(H,13,14);1H. The van der Waals surface area contributed by atoms with Crippen molar-refractivity contribution in [2.24, 2.45) is 0 Å². The lowest BCUT2D eigenvalue weighted by Crippen LogP contribution is -2.49. The molecule has 1 amide bonds. The monoisotopic (exact) mass is 250 g/mol. The maximum atomic E-state index is 11.7. The lowest BCUT2D eigenvalue weighted by Gasteiger charge is -2.29. The van der Waals surface area contributed by atoms with E-state index in [-0.39, 0.29) is 24.4 Å². The number of halogens is 1. The van der Waals surface area contributed by atoms with Crippen molar-refractivity contribution in [1.82, 2.24) is 10.6 Å². The smallest absolute Gasteiger partial charge is 0.249 e.